The molecule has 0 amide bonds. The summed E-state index contributed by atoms with van der Waals surface area (Å²) in [7, 11) is 0. The van der Waals surface area contributed by atoms with Gasteiger partial charge in [0.1, 0.15) is 0 Å². The van der Waals surface area contributed by atoms with E-state index >= 15 is 0 Å². The van der Waals surface area contributed by atoms with Gasteiger partial charge in [-0.15, -0.1) is 5.10 Å². The monoisotopic (exact) mass is 371 g/mol. The van der Waals surface area contributed by atoms with E-state index in [0.717, 1.165) is 24.1 Å². The van der Waals surface area contributed by atoms with E-state index in [2.05, 4.69) is 17.2 Å². The van der Waals surface area contributed by atoms with Crippen LogP contribution in [0.3, 0.4) is 0 Å². The molecule has 1 aromatic heterocycles. The molecule has 5 nitrogen and oxygen atoms in total. The predicted molar refractivity (Wildman–Crippen MR) is 108 cm³/mol. The Labute approximate surface area is 162 Å². The Morgan fingerprint density at radius 1 is 1.00 bits per heavy atom. The Morgan fingerprint density at radius 3 is 2.22 bits per heavy atom. The summed E-state index contributed by atoms with van der Waals surface area (Å²) in [4.78, 5) is 11.9. The fourth-order valence-electron chi connectivity index (χ4n) is 3.58. The first kappa shape index (κ1) is 21.1. The van der Waals surface area contributed by atoms with Crippen LogP contribution in [0.5, 0.6) is 0 Å². The van der Waals surface area contributed by atoms with Crippen LogP contribution in [0.25, 0.3) is 5.69 Å². The van der Waals surface area contributed by atoms with Gasteiger partial charge in [0.15, 0.2) is 0 Å². The molecule has 148 valence electrons. The zero-order valence-corrected chi connectivity index (χ0v) is 16.5. The number of aliphatic carboxylic acids is 1. The van der Waals surface area contributed by atoms with Crippen LogP contribution in [0.15, 0.2) is 36.7 Å². The Bertz CT molecular complexity index is 655. The molecule has 2 aromatic rings. The lowest BCUT2D eigenvalue weighted by molar-refractivity contribution is -0.139. The number of unbranched alkanes of at least 4 members (excludes halogenated alkanes) is 9. The van der Waals surface area contributed by atoms with Gasteiger partial charge in [-0.1, -0.05) is 94.5 Å². The molecule has 27 heavy (non-hydrogen) atoms. The molecular formula is C22H33N3O2. The number of carboxylic acid groups (broad SMARTS) is 1. The fourth-order valence-corrected chi connectivity index (χ4v) is 3.58. The van der Waals surface area contributed by atoms with E-state index in [0.29, 0.717) is 6.42 Å². The van der Waals surface area contributed by atoms with Crippen LogP contribution in [0.1, 0.15) is 89.0 Å². The van der Waals surface area contributed by atoms with Crippen molar-refractivity contribution in [1.29, 1.82) is 0 Å². The summed E-state index contributed by atoms with van der Waals surface area (Å²) >= 11 is 0. The number of para-hydroxylation sites is 1. The van der Waals surface area contributed by atoms with Crippen LogP contribution in [0.4, 0.5) is 0 Å². The highest BCUT2D eigenvalue weighted by atomic mass is 16.4. The van der Waals surface area contributed by atoms with E-state index in [1.807, 2.05) is 24.3 Å². The van der Waals surface area contributed by atoms with Crippen LogP contribution >= 0.6 is 0 Å². The lowest BCUT2D eigenvalue weighted by Gasteiger charge is -2.16. The van der Waals surface area contributed by atoms with E-state index in [1.54, 1.807) is 17.1 Å². The van der Waals surface area contributed by atoms with E-state index < -0.39 is 11.9 Å². The Morgan fingerprint density at radius 2 is 1.63 bits per heavy atom. The lowest BCUT2D eigenvalue weighted by atomic mass is 9.91. The van der Waals surface area contributed by atoms with Gasteiger partial charge in [-0.3, -0.25) is 4.79 Å². The van der Waals surface area contributed by atoms with Gasteiger partial charge in [0.25, 0.3) is 0 Å². The molecule has 1 aromatic carbocycles. The van der Waals surface area contributed by atoms with Crippen molar-refractivity contribution >= 4 is 5.97 Å². The number of nitrogens with zero attached hydrogens (tertiary/aromatic N) is 3. The van der Waals surface area contributed by atoms with Gasteiger partial charge < -0.3 is 5.11 Å². The number of rotatable bonds is 14. The first-order valence-corrected chi connectivity index (χ1v) is 10.4. The molecule has 0 saturated heterocycles. The first-order valence-electron chi connectivity index (χ1n) is 10.4. The summed E-state index contributed by atoms with van der Waals surface area (Å²) in [5.41, 5.74) is 1.61. The van der Waals surface area contributed by atoms with Crippen molar-refractivity contribution in [3.63, 3.8) is 0 Å². The SMILES string of the molecule is CCCCCCCCCCCCC(C(=O)O)c1ccccc1-n1ccnn1. The molecule has 5 heteroatoms. The maximum atomic E-state index is 11.9. The Balaban J connectivity index is 1.78. The third-order valence-electron chi connectivity index (χ3n) is 5.13. The summed E-state index contributed by atoms with van der Waals surface area (Å²) in [6, 6.07) is 7.59. The average molecular weight is 372 g/mol. The van der Waals surface area contributed by atoms with Crippen molar-refractivity contribution in [2.45, 2.75) is 83.5 Å². The number of carbonyl (C=O) groups is 1. The molecule has 1 atom stereocenters. The van der Waals surface area contributed by atoms with Crippen LogP contribution in [0.2, 0.25) is 0 Å². The smallest absolute Gasteiger partial charge is 0.311 e. The first-order chi connectivity index (χ1) is 13.2. The second-order valence-electron chi connectivity index (χ2n) is 7.27. The molecule has 0 bridgehead atoms. The second kappa shape index (κ2) is 12.3. The topological polar surface area (TPSA) is 68.0 Å². The standard InChI is InChI=1S/C22H33N3O2/c1-2-3-4-5-6-7-8-9-10-11-15-20(22(26)27)19-14-12-13-16-21(19)25-18-17-23-24-25/h12-14,16-18,20H,2-11,15H2,1H3,(H,26,27). The third kappa shape index (κ3) is 7.16. The predicted octanol–water partition coefficient (Wildman–Crippen LogP) is 5.75. The molecule has 0 aliphatic heterocycles. The van der Waals surface area contributed by atoms with Crippen LogP contribution in [0, 0.1) is 0 Å². The average Bonchev–Trinajstić information content (AvgIpc) is 3.20. The molecule has 0 fully saturated rings. The second-order valence-corrected chi connectivity index (χ2v) is 7.27. The summed E-state index contributed by atoms with van der Waals surface area (Å²) in [5.74, 6) is -1.27. The number of hydrogen-bond acceptors (Lipinski definition) is 3. The third-order valence-corrected chi connectivity index (χ3v) is 5.13. The highest BCUT2D eigenvalue weighted by Crippen LogP contribution is 2.28. The van der Waals surface area contributed by atoms with Crippen molar-refractivity contribution in [2.24, 2.45) is 0 Å². The largest absolute Gasteiger partial charge is 0.481 e. The molecule has 2 rings (SSSR count). The maximum Gasteiger partial charge on any atom is 0.311 e. The van der Waals surface area contributed by atoms with Crippen molar-refractivity contribution in [3.05, 3.63) is 42.2 Å². The van der Waals surface area contributed by atoms with Gasteiger partial charge in [0, 0.05) is 0 Å². The summed E-state index contributed by atoms with van der Waals surface area (Å²) in [5, 5.41) is 17.6. The Hall–Kier alpha value is -2.17. The van der Waals surface area contributed by atoms with Crippen LogP contribution in [-0.4, -0.2) is 26.1 Å². The van der Waals surface area contributed by atoms with Crippen molar-refractivity contribution < 1.29 is 9.90 Å². The van der Waals surface area contributed by atoms with E-state index in [4.69, 9.17) is 0 Å². The van der Waals surface area contributed by atoms with Crippen molar-refractivity contribution in [1.82, 2.24) is 15.0 Å². The van der Waals surface area contributed by atoms with Gasteiger partial charge >= 0.3 is 5.97 Å². The van der Waals surface area contributed by atoms with Gasteiger partial charge in [0.2, 0.25) is 0 Å². The molecule has 0 saturated carbocycles. The van der Waals surface area contributed by atoms with E-state index in [-0.39, 0.29) is 0 Å². The van der Waals surface area contributed by atoms with Crippen LogP contribution < -0.4 is 0 Å². The normalized spacial score (nSPS) is 12.2. The summed E-state index contributed by atoms with van der Waals surface area (Å²) in [6.45, 7) is 2.24. The zero-order valence-electron chi connectivity index (χ0n) is 16.5. The number of hydrogen-bond donors (Lipinski definition) is 1. The van der Waals surface area contributed by atoms with Gasteiger partial charge in [-0.05, 0) is 18.1 Å². The van der Waals surface area contributed by atoms with Crippen molar-refractivity contribution in [2.75, 3.05) is 0 Å². The molecular weight excluding hydrogens is 338 g/mol. The van der Waals surface area contributed by atoms with Gasteiger partial charge in [-0.2, -0.15) is 0 Å². The molecule has 1 N–H and O–H groups in total. The fraction of sp³-hybridized carbons (Fsp3) is 0.591. The number of aromatic nitrogens is 3. The van der Waals surface area contributed by atoms with Crippen LogP contribution in [-0.2, 0) is 4.79 Å². The molecule has 0 spiro atoms. The quantitative estimate of drug-likeness (QED) is 0.430. The van der Waals surface area contributed by atoms with E-state index in [9.17, 15) is 9.90 Å². The summed E-state index contributed by atoms with van der Waals surface area (Å²) in [6.07, 6.45) is 16.5. The minimum absolute atomic E-state index is 0.501. The van der Waals surface area contributed by atoms with Gasteiger partial charge in [-0.25, -0.2) is 4.68 Å². The van der Waals surface area contributed by atoms with Crippen molar-refractivity contribution in [3.8, 4) is 5.69 Å². The maximum absolute atomic E-state index is 11.9. The molecule has 0 radical (unpaired) electrons. The molecule has 0 aliphatic carbocycles. The molecule has 1 unspecified atom stereocenters. The minimum atomic E-state index is -0.765. The summed E-state index contributed by atoms with van der Waals surface area (Å²) < 4.78 is 1.64. The highest BCUT2D eigenvalue weighted by molar-refractivity contribution is 5.77. The Kier molecular flexibility index (Phi) is 9.60. The highest BCUT2D eigenvalue weighted by Gasteiger charge is 2.23. The zero-order chi connectivity index (χ0) is 19.3. The van der Waals surface area contributed by atoms with E-state index in [1.165, 1.54) is 51.4 Å². The number of carboxylic acids is 1. The number of benzene rings is 1. The minimum Gasteiger partial charge on any atom is -0.481 e. The van der Waals surface area contributed by atoms with Gasteiger partial charge in [0.05, 0.1) is 24.0 Å². The molecule has 1 heterocycles. The lowest BCUT2D eigenvalue weighted by Crippen LogP contribution is -2.14. The molecule has 0 aliphatic rings.